The van der Waals surface area contributed by atoms with Gasteiger partial charge in [-0.2, -0.15) is 11.8 Å². The van der Waals surface area contributed by atoms with Crippen molar-refractivity contribution in [3.8, 4) is 0 Å². The molecule has 0 radical (unpaired) electrons. The third-order valence-corrected chi connectivity index (χ3v) is 3.63. The fourth-order valence-electron chi connectivity index (χ4n) is 1.39. The van der Waals surface area contributed by atoms with Gasteiger partial charge in [0.2, 0.25) is 0 Å². The molecule has 0 rings (SSSR count). The molecule has 0 aliphatic heterocycles. The first-order valence-electron chi connectivity index (χ1n) is 5.94. The number of aliphatic carboxylic acids is 3. The minimum absolute atomic E-state index is 0.00690. The fraction of sp³-hybridized carbons (Fsp3) is 0.727. The van der Waals surface area contributed by atoms with Gasteiger partial charge in [-0.15, -0.1) is 0 Å². The SMILES string of the molecule is CCC(O)CSCC(C(=O)O)N(CC(=O)O)CC(=O)O. The standard InChI is InChI=1S/C11H19NO7S/c1-2-7(13)5-20-6-8(11(18)19)12(3-9(14)15)4-10(16)17/h7-8,13H,2-6H2,1H3,(H,14,15)(H,16,17)(H,18,19). The van der Waals surface area contributed by atoms with E-state index in [-0.39, 0.29) is 5.75 Å². The summed E-state index contributed by atoms with van der Waals surface area (Å²) < 4.78 is 0. The number of carboxylic acids is 3. The van der Waals surface area contributed by atoms with Gasteiger partial charge in [0.25, 0.3) is 0 Å². The van der Waals surface area contributed by atoms with Gasteiger partial charge in [0, 0.05) is 11.5 Å². The summed E-state index contributed by atoms with van der Waals surface area (Å²) in [5.74, 6) is -3.56. The molecular formula is C11H19NO7S. The summed E-state index contributed by atoms with van der Waals surface area (Å²) in [7, 11) is 0. The number of carbonyl (C=O) groups is 3. The maximum absolute atomic E-state index is 11.1. The summed E-state index contributed by atoms with van der Waals surface area (Å²) in [6.07, 6.45) is -0.0412. The Labute approximate surface area is 120 Å². The van der Waals surface area contributed by atoms with Gasteiger partial charge in [-0.3, -0.25) is 19.3 Å². The molecule has 0 aliphatic rings. The van der Waals surface area contributed by atoms with Crippen LogP contribution in [0, 0.1) is 0 Å². The van der Waals surface area contributed by atoms with Crippen LogP contribution in [0.4, 0.5) is 0 Å². The lowest BCUT2D eigenvalue weighted by Crippen LogP contribution is -2.48. The topological polar surface area (TPSA) is 135 Å². The van der Waals surface area contributed by atoms with Crippen molar-refractivity contribution < 1.29 is 34.8 Å². The maximum atomic E-state index is 11.1. The number of thioether (sulfide) groups is 1. The lowest BCUT2D eigenvalue weighted by atomic mass is 10.2. The van der Waals surface area contributed by atoms with Crippen LogP contribution in [0.15, 0.2) is 0 Å². The molecule has 0 aromatic rings. The van der Waals surface area contributed by atoms with Crippen molar-refractivity contribution in [2.75, 3.05) is 24.6 Å². The molecule has 2 unspecified atom stereocenters. The Morgan fingerprint density at radius 1 is 1.05 bits per heavy atom. The van der Waals surface area contributed by atoms with Crippen molar-refractivity contribution in [1.82, 2.24) is 4.90 Å². The zero-order chi connectivity index (χ0) is 15.7. The van der Waals surface area contributed by atoms with Crippen LogP contribution < -0.4 is 0 Å². The van der Waals surface area contributed by atoms with Gasteiger partial charge >= 0.3 is 17.9 Å². The highest BCUT2D eigenvalue weighted by atomic mass is 32.2. The number of aliphatic hydroxyl groups excluding tert-OH is 1. The number of aliphatic hydroxyl groups is 1. The van der Waals surface area contributed by atoms with E-state index in [4.69, 9.17) is 15.3 Å². The summed E-state index contributed by atoms with van der Waals surface area (Å²) in [6.45, 7) is 0.446. The summed E-state index contributed by atoms with van der Waals surface area (Å²) in [5, 5.41) is 35.9. The minimum atomic E-state index is -1.30. The number of hydrogen-bond donors (Lipinski definition) is 4. The minimum Gasteiger partial charge on any atom is -0.480 e. The van der Waals surface area contributed by atoms with E-state index in [1.807, 2.05) is 0 Å². The second-order valence-corrected chi connectivity index (χ2v) is 5.22. The van der Waals surface area contributed by atoms with E-state index in [2.05, 4.69) is 0 Å². The van der Waals surface area contributed by atoms with Crippen molar-refractivity contribution in [1.29, 1.82) is 0 Å². The number of rotatable bonds is 11. The van der Waals surface area contributed by atoms with Gasteiger partial charge < -0.3 is 20.4 Å². The molecule has 0 bridgehead atoms. The molecule has 116 valence electrons. The molecule has 0 saturated carbocycles. The van der Waals surface area contributed by atoms with Crippen molar-refractivity contribution in [3.63, 3.8) is 0 Å². The Morgan fingerprint density at radius 2 is 1.55 bits per heavy atom. The molecule has 0 heterocycles. The van der Waals surface area contributed by atoms with Crippen LogP contribution in [0.1, 0.15) is 13.3 Å². The van der Waals surface area contributed by atoms with E-state index in [1.165, 1.54) is 0 Å². The molecule has 0 aliphatic carbocycles. The first kappa shape index (κ1) is 18.7. The van der Waals surface area contributed by atoms with E-state index in [1.54, 1.807) is 6.92 Å². The summed E-state index contributed by atoms with van der Waals surface area (Å²) in [4.78, 5) is 33.4. The average Bonchev–Trinajstić information content (AvgIpc) is 2.31. The normalized spacial score (nSPS) is 13.9. The quantitative estimate of drug-likeness (QED) is 0.395. The monoisotopic (exact) mass is 309 g/mol. The Hall–Kier alpha value is -1.32. The van der Waals surface area contributed by atoms with Crippen molar-refractivity contribution >= 4 is 29.7 Å². The van der Waals surface area contributed by atoms with E-state index in [0.717, 1.165) is 16.7 Å². The number of hydrogen-bond acceptors (Lipinski definition) is 6. The Balaban J connectivity index is 4.66. The van der Waals surface area contributed by atoms with Crippen molar-refractivity contribution in [3.05, 3.63) is 0 Å². The molecule has 20 heavy (non-hydrogen) atoms. The van der Waals surface area contributed by atoms with Crippen LogP contribution in [-0.2, 0) is 14.4 Å². The smallest absolute Gasteiger partial charge is 0.321 e. The average molecular weight is 309 g/mol. The highest BCUT2D eigenvalue weighted by molar-refractivity contribution is 7.99. The first-order chi connectivity index (χ1) is 9.27. The van der Waals surface area contributed by atoms with Crippen LogP contribution in [0.5, 0.6) is 0 Å². The van der Waals surface area contributed by atoms with Gasteiger partial charge in [0.05, 0.1) is 19.2 Å². The maximum Gasteiger partial charge on any atom is 0.321 e. The predicted molar refractivity (Wildman–Crippen MR) is 71.9 cm³/mol. The molecule has 0 saturated heterocycles. The molecule has 0 aromatic carbocycles. The largest absolute Gasteiger partial charge is 0.480 e. The van der Waals surface area contributed by atoms with Crippen LogP contribution in [0.3, 0.4) is 0 Å². The fourth-order valence-corrected chi connectivity index (χ4v) is 2.61. The molecule has 9 heteroatoms. The summed E-state index contributed by atoms with van der Waals surface area (Å²) in [5.41, 5.74) is 0. The van der Waals surface area contributed by atoms with E-state index < -0.39 is 43.1 Å². The van der Waals surface area contributed by atoms with Gasteiger partial charge in [-0.1, -0.05) is 6.92 Å². The second-order valence-electron chi connectivity index (χ2n) is 4.15. The zero-order valence-corrected chi connectivity index (χ0v) is 11.9. The second kappa shape index (κ2) is 9.56. The highest BCUT2D eigenvalue weighted by Gasteiger charge is 2.29. The lowest BCUT2D eigenvalue weighted by molar-refractivity contribution is -0.148. The molecule has 0 fully saturated rings. The molecule has 4 N–H and O–H groups in total. The van der Waals surface area contributed by atoms with Gasteiger partial charge in [0.1, 0.15) is 6.04 Å². The summed E-state index contributed by atoms with van der Waals surface area (Å²) >= 11 is 1.15. The van der Waals surface area contributed by atoms with Gasteiger partial charge in [-0.05, 0) is 6.42 Å². The Kier molecular flexibility index (Phi) is 8.93. The third kappa shape index (κ3) is 7.97. The number of nitrogens with zero attached hydrogens (tertiary/aromatic N) is 1. The third-order valence-electron chi connectivity index (χ3n) is 2.46. The van der Waals surface area contributed by atoms with E-state index in [9.17, 15) is 19.5 Å². The molecule has 8 nitrogen and oxygen atoms in total. The van der Waals surface area contributed by atoms with Gasteiger partial charge in [-0.25, -0.2) is 0 Å². The number of carboxylic acid groups (broad SMARTS) is 3. The summed E-state index contributed by atoms with van der Waals surface area (Å²) in [6, 6.07) is -1.23. The van der Waals surface area contributed by atoms with Crippen LogP contribution >= 0.6 is 11.8 Å². The van der Waals surface area contributed by atoms with Gasteiger partial charge in [0.15, 0.2) is 0 Å². The Bertz CT molecular complexity index is 334. The predicted octanol–water partition coefficient (Wildman–Crippen LogP) is -0.585. The Morgan fingerprint density at radius 3 is 1.90 bits per heavy atom. The molecule has 0 aromatic heterocycles. The van der Waals surface area contributed by atoms with E-state index >= 15 is 0 Å². The molecular weight excluding hydrogens is 290 g/mol. The molecule has 0 spiro atoms. The molecule has 2 atom stereocenters. The van der Waals surface area contributed by atoms with Crippen molar-refractivity contribution in [2.45, 2.75) is 25.5 Å². The first-order valence-corrected chi connectivity index (χ1v) is 7.09. The zero-order valence-electron chi connectivity index (χ0n) is 11.1. The van der Waals surface area contributed by atoms with Crippen LogP contribution in [-0.4, -0.2) is 80.0 Å². The van der Waals surface area contributed by atoms with Crippen molar-refractivity contribution in [2.24, 2.45) is 0 Å². The highest BCUT2D eigenvalue weighted by Crippen LogP contribution is 2.12. The lowest BCUT2D eigenvalue weighted by Gasteiger charge is -2.25. The van der Waals surface area contributed by atoms with Crippen LogP contribution in [0.25, 0.3) is 0 Å². The molecule has 0 amide bonds. The van der Waals surface area contributed by atoms with E-state index in [0.29, 0.717) is 12.2 Å². The van der Waals surface area contributed by atoms with Crippen LogP contribution in [0.2, 0.25) is 0 Å².